The van der Waals surface area contributed by atoms with Gasteiger partial charge in [-0.05, 0) is 69.3 Å². The van der Waals surface area contributed by atoms with Gasteiger partial charge >= 0.3 is 0 Å². The molecule has 0 radical (unpaired) electrons. The van der Waals surface area contributed by atoms with Gasteiger partial charge in [0.1, 0.15) is 5.82 Å². The molecule has 6 nitrogen and oxygen atoms in total. The van der Waals surface area contributed by atoms with E-state index in [0.29, 0.717) is 24.2 Å². The first-order valence-electron chi connectivity index (χ1n) is 9.78. The molecule has 1 aromatic carbocycles. The van der Waals surface area contributed by atoms with E-state index in [4.69, 9.17) is 0 Å². The number of nitrogens with one attached hydrogen (secondary N) is 1. The van der Waals surface area contributed by atoms with Crippen LogP contribution in [0.2, 0.25) is 0 Å². The zero-order chi connectivity index (χ0) is 18.8. The van der Waals surface area contributed by atoms with Crippen molar-refractivity contribution in [3.8, 4) is 0 Å². The quantitative estimate of drug-likeness (QED) is 0.799. The highest BCUT2D eigenvalue weighted by molar-refractivity contribution is 5.93. The van der Waals surface area contributed by atoms with Crippen LogP contribution in [0.1, 0.15) is 53.5 Å². The van der Waals surface area contributed by atoms with Crippen LogP contribution in [0.3, 0.4) is 0 Å². The fourth-order valence-corrected chi connectivity index (χ4v) is 3.73. The van der Waals surface area contributed by atoms with E-state index >= 15 is 0 Å². The molecule has 1 amide bonds. The standard InChI is InChI=1S/C20H26FN5O.ClH/c1-14-19(23-24-26(14)18-8-10-22-11-9-18)20(27)25(12-15-2-3-15)13-16-4-6-17(21)7-5-16;/h4-7,15,18,22H,2-3,8-13H2,1H3;1H. The minimum Gasteiger partial charge on any atom is -0.333 e. The molecule has 0 atom stereocenters. The molecule has 0 unspecified atom stereocenters. The van der Waals surface area contributed by atoms with Gasteiger partial charge in [-0.3, -0.25) is 4.79 Å². The summed E-state index contributed by atoms with van der Waals surface area (Å²) in [7, 11) is 0. The molecule has 1 N–H and O–H groups in total. The summed E-state index contributed by atoms with van der Waals surface area (Å²) in [5, 5.41) is 11.9. The minimum absolute atomic E-state index is 0. The molecule has 2 aromatic rings. The maximum atomic E-state index is 13.2. The fourth-order valence-electron chi connectivity index (χ4n) is 3.73. The van der Waals surface area contributed by atoms with Crippen molar-refractivity contribution in [2.75, 3.05) is 19.6 Å². The summed E-state index contributed by atoms with van der Waals surface area (Å²) in [6.45, 7) is 5.05. The van der Waals surface area contributed by atoms with Crippen molar-refractivity contribution in [2.45, 2.75) is 45.2 Å². The molecule has 152 valence electrons. The number of carbonyl (C=O) groups is 1. The van der Waals surface area contributed by atoms with Crippen LogP contribution >= 0.6 is 12.4 Å². The summed E-state index contributed by atoms with van der Waals surface area (Å²) in [5.74, 6) is 0.220. The number of carbonyl (C=O) groups excluding carboxylic acids is 1. The first-order valence-corrected chi connectivity index (χ1v) is 9.78. The van der Waals surface area contributed by atoms with Crippen LogP contribution in [0.5, 0.6) is 0 Å². The number of nitrogens with zero attached hydrogens (tertiary/aromatic N) is 4. The Labute approximate surface area is 170 Å². The molecular formula is C20H27ClFN5O. The summed E-state index contributed by atoms with van der Waals surface area (Å²) in [6, 6.07) is 6.65. The third-order valence-corrected chi connectivity index (χ3v) is 5.53. The van der Waals surface area contributed by atoms with Gasteiger partial charge in [0.2, 0.25) is 0 Å². The predicted molar refractivity (Wildman–Crippen MR) is 107 cm³/mol. The molecule has 2 heterocycles. The topological polar surface area (TPSA) is 63.1 Å². The Morgan fingerprint density at radius 2 is 1.89 bits per heavy atom. The van der Waals surface area contributed by atoms with E-state index in [0.717, 1.165) is 56.6 Å². The summed E-state index contributed by atoms with van der Waals surface area (Å²) in [6.07, 6.45) is 4.32. The zero-order valence-corrected chi connectivity index (χ0v) is 16.9. The fraction of sp³-hybridized carbons (Fsp3) is 0.550. The van der Waals surface area contributed by atoms with E-state index in [-0.39, 0.29) is 24.1 Å². The summed E-state index contributed by atoms with van der Waals surface area (Å²) >= 11 is 0. The van der Waals surface area contributed by atoms with Crippen molar-refractivity contribution >= 4 is 18.3 Å². The highest BCUT2D eigenvalue weighted by Gasteiger charge is 2.30. The molecule has 0 bridgehead atoms. The molecule has 1 aromatic heterocycles. The average Bonchev–Trinajstić information content (AvgIpc) is 3.42. The predicted octanol–water partition coefficient (Wildman–Crippen LogP) is 3.12. The van der Waals surface area contributed by atoms with Gasteiger partial charge in [-0.15, -0.1) is 17.5 Å². The number of hydrogen-bond donors (Lipinski definition) is 1. The maximum absolute atomic E-state index is 13.2. The monoisotopic (exact) mass is 407 g/mol. The molecule has 1 aliphatic heterocycles. The zero-order valence-electron chi connectivity index (χ0n) is 16.1. The van der Waals surface area contributed by atoms with Gasteiger partial charge in [0.05, 0.1) is 11.7 Å². The van der Waals surface area contributed by atoms with E-state index in [1.807, 2.05) is 16.5 Å². The molecule has 4 rings (SSSR count). The second kappa shape index (κ2) is 9.01. The highest BCUT2D eigenvalue weighted by atomic mass is 35.5. The number of piperidine rings is 1. The third-order valence-electron chi connectivity index (χ3n) is 5.53. The van der Waals surface area contributed by atoms with Gasteiger partial charge in [0.15, 0.2) is 5.69 Å². The maximum Gasteiger partial charge on any atom is 0.276 e. The van der Waals surface area contributed by atoms with Crippen molar-refractivity contribution in [1.82, 2.24) is 25.2 Å². The van der Waals surface area contributed by atoms with E-state index in [2.05, 4.69) is 15.6 Å². The second-order valence-electron chi connectivity index (χ2n) is 7.70. The van der Waals surface area contributed by atoms with Gasteiger partial charge in [0.25, 0.3) is 5.91 Å². The Bertz CT molecular complexity index is 799. The smallest absolute Gasteiger partial charge is 0.276 e. The van der Waals surface area contributed by atoms with Crippen molar-refractivity contribution in [1.29, 1.82) is 0 Å². The number of halogens is 2. The van der Waals surface area contributed by atoms with Gasteiger partial charge in [-0.1, -0.05) is 17.3 Å². The van der Waals surface area contributed by atoms with Crippen molar-refractivity contribution < 1.29 is 9.18 Å². The van der Waals surface area contributed by atoms with Crippen molar-refractivity contribution in [3.05, 3.63) is 47.0 Å². The lowest BCUT2D eigenvalue weighted by Gasteiger charge is -2.24. The largest absolute Gasteiger partial charge is 0.333 e. The molecule has 2 fully saturated rings. The normalized spacial score (nSPS) is 17.2. The number of hydrogen-bond acceptors (Lipinski definition) is 4. The molecule has 2 aliphatic rings. The Balaban J connectivity index is 0.00000225. The van der Waals surface area contributed by atoms with Gasteiger partial charge in [-0.2, -0.15) is 0 Å². The van der Waals surface area contributed by atoms with Gasteiger partial charge in [-0.25, -0.2) is 9.07 Å². The first-order chi connectivity index (χ1) is 13.1. The molecule has 28 heavy (non-hydrogen) atoms. The van der Waals surface area contributed by atoms with E-state index in [1.165, 1.54) is 12.1 Å². The van der Waals surface area contributed by atoms with E-state index < -0.39 is 0 Å². The Morgan fingerprint density at radius 3 is 2.54 bits per heavy atom. The number of amides is 1. The summed E-state index contributed by atoms with van der Waals surface area (Å²) < 4.78 is 15.1. The minimum atomic E-state index is -0.264. The lowest BCUT2D eigenvalue weighted by molar-refractivity contribution is 0.0728. The molecule has 1 saturated carbocycles. The summed E-state index contributed by atoms with van der Waals surface area (Å²) in [4.78, 5) is 15.1. The molecule has 1 aliphatic carbocycles. The summed E-state index contributed by atoms with van der Waals surface area (Å²) in [5.41, 5.74) is 2.21. The van der Waals surface area contributed by atoms with Crippen LogP contribution in [-0.2, 0) is 6.54 Å². The molecule has 1 saturated heterocycles. The highest BCUT2D eigenvalue weighted by Crippen LogP contribution is 2.31. The lowest BCUT2D eigenvalue weighted by Crippen LogP contribution is -2.33. The van der Waals surface area contributed by atoms with Crippen molar-refractivity contribution in [2.24, 2.45) is 5.92 Å². The first kappa shape index (κ1) is 20.7. The SMILES string of the molecule is Cc1c(C(=O)N(Cc2ccc(F)cc2)CC2CC2)nnn1C1CCNCC1.Cl. The van der Waals surface area contributed by atoms with Crippen LogP contribution in [0.25, 0.3) is 0 Å². The van der Waals surface area contributed by atoms with E-state index in [9.17, 15) is 9.18 Å². The molecule has 8 heteroatoms. The average molecular weight is 408 g/mol. The van der Waals surface area contributed by atoms with Gasteiger partial charge in [0, 0.05) is 13.1 Å². The van der Waals surface area contributed by atoms with E-state index in [1.54, 1.807) is 12.1 Å². The number of aromatic nitrogens is 3. The lowest BCUT2D eigenvalue weighted by atomic mass is 10.1. The van der Waals surface area contributed by atoms with Crippen LogP contribution in [-0.4, -0.2) is 45.4 Å². The Morgan fingerprint density at radius 1 is 1.21 bits per heavy atom. The van der Waals surface area contributed by atoms with Gasteiger partial charge < -0.3 is 10.2 Å². The Kier molecular flexibility index (Phi) is 6.67. The number of benzene rings is 1. The van der Waals surface area contributed by atoms with Crippen LogP contribution < -0.4 is 5.32 Å². The van der Waals surface area contributed by atoms with Crippen molar-refractivity contribution in [3.63, 3.8) is 0 Å². The molecule has 0 spiro atoms. The third kappa shape index (κ3) is 4.70. The van der Waals surface area contributed by atoms with Crippen LogP contribution in [0.4, 0.5) is 4.39 Å². The van der Waals surface area contributed by atoms with Crippen LogP contribution in [0, 0.1) is 18.7 Å². The Hall–Kier alpha value is -1.99. The molecular weight excluding hydrogens is 381 g/mol. The van der Waals surface area contributed by atoms with Crippen LogP contribution in [0.15, 0.2) is 24.3 Å². The second-order valence-corrected chi connectivity index (χ2v) is 7.70. The number of rotatable bonds is 6.